The number of hydrogen-bond acceptors (Lipinski definition) is 4. The first-order chi connectivity index (χ1) is 9.35. The molecule has 2 N–H and O–H groups in total. The zero-order valence-electron chi connectivity index (χ0n) is 11.1. The van der Waals surface area contributed by atoms with Crippen molar-refractivity contribution in [3.8, 4) is 0 Å². The second-order valence-corrected chi connectivity index (χ2v) is 4.78. The molecule has 0 aliphatic carbocycles. The Morgan fingerprint density at radius 2 is 2.21 bits per heavy atom. The van der Waals surface area contributed by atoms with Crippen LogP contribution in [0.15, 0.2) is 30.6 Å². The first-order valence-electron chi connectivity index (χ1n) is 6.80. The van der Waals surface area contributed by atoms with Crippen LogP contribution < -0.4 is 10.6 Å². The molecule has 4 heteroatoms. The second kappa shape index (κ2) is 5.26. The summed E-state index contributed by atoms with van der Waals surface area (Å²) in [6.45, 7) is 3.17. The standard InChI is InChI=1S/C15H18N4/c1-2-12-9-15(18-10-17-12)19-13-5-6-14-11(8-13)4-3-7-16-14/h5-6,8-10,16H,2-4,7H2,1H3,(H,17,18,19). The number of rotatable bonds is 3. The first kappa shape index (κ1) is 12.0. The summed E-state index contributed by atoms with van der Waals surface area (Å²) in [6.07, 6.45) is 4.87. The summed E-state index contributed by atoms with van der Waals surface area (Å²) in [5.74, 6) is 0.857. The maximum Gasteiger partial charge on any atom is 0.133 e. The van der Waals surface area contributed by atoms with Crippen molar-refractivity contribution in [3.05, 3.63) is 41.9 Å². The maximum atomic E-state index is 4.26. The van der Waals surface area contributed by atoms with E-state index in [0.29, 0.717) is 0 Å². The summed E-state index contributed by atoms with van der Waals surface area (Å²) in [5, 5.41) is 6.77. The van der Waals surface area contributed by atoms with Gasteiger partial charge in [0, 0.05) is 29.7 Å². The molecule has 0 radical (unpaired) electrons. The molecule has 0 spiro atoms. The Balaban J connectivity index is 1.82. The molecular weight excluding hydrogens is 236 g/mol. The summed E-state index contributed by atoms with van der Waals surface area (Å²) >= 11 is 0. The fraction of sp³-hybridized carbons (Fsp3) is 0.333. The third-order valence-electron chi connectivity index (χ3n) is 3.40. The number of nitrogens with zero attached hydrogens (tertiary/aromatic N) is 2. The van der Waals surface area contributed by atoms with Crippen molar-refractivity contribution in [3.63, 3.8) is 0 Å². The molecule has 98 valence electrons. The van der Waals surface area contributed by atoms with E-state index in [1.807, 2.05) is 6.07 Å². The number of anilines is 3. The van der Waals surface area contributed by atoms with E-state index in [1.54, 1.807) is 6.33 Å². The molecule has 3 rings (SSSR count). The number of fused-ring (bicyclic) bond motifs is 1. The molecule has 2 aromatic rings. The van der Waals surface area contributed by atoms with E-state index < -0.39 is 0 Å². The van der Waals surface area contributed by atoms with E-state index in [-0.39, 0.29) is 0 Å². The monoisotopic (exact) mass is 254 g/mol. The minimum Gasteiger partial charge on any atom is -0.385 e. The molecule has 0 amide bonds. The highest BCUT2D eigenvalue weighted by Gasteiger charge is 2.09. The van der Waals surface area contributed by atoms with E-state index in [4.69, 9.17) is 0 Å². The second-order valence-electron chi connectivity index (χ2n) is 4.78. The molecule has 1 aromatic carbocycles. The van der Waals surface area contributed by atoms with Gasteiger partial charge in [0.25, 0.3) is 0 Å². The Labute approximate surface area is 113 Å². The molecular formula is C15H18N4. The highest BCUT2D eigenvalue weighted by Crippen LogP contribution is 2.26. The van der Waals surface area contributed by atoms with Crippen LogP contribution in [0.2, 0.25) is 0 Å². The number of aryl methyl sites for hydroxylation is 2. The lowest BCUT2D eigenvalue weighted by molar-refractivity contribution is 0.830. The Hall–Kier alpha value is -2.10. The van der Waals surface area contributed by atoms with E-state index in [0.717, 1.165) is 36.6 Å². The summed E-state index contributed by atoms with van der Waals surface area (Å²) in [4.78, 5) is 8.47. The van der Waals surface area contributed by atoms with Crippen molar-refractivity contribution in [2.75, 3.05) is 17.2 Å². The third kappa shape index (κ3) is 2.67. The SMILES string of the molecule is CCc1cc(Nc2ccc3c(c2)CCCN3)ncn1. The van der Waals surface area contributed by atoms with Gasteiger partial charge in [0.2, 0.25) is 0 Å². The molecule has 19 heavy (non-hydrogen) atoms. The average molecular weight is 254 g/mol. The van der Waals surface area contributed by atoms with Gasteiger partial charge >= 0.3 is 0 Å². The largest absolute Gasteiger partial charge is 0.385 e. The van der Waals surface area contributed by atoms with Gasteiger partial charge in [0.1, 0.15) is 12.1 Å². The average Bonchev–Trinajstić information content (AvgIpc) is 2.47. The van der Waals surface area contributed by atoms with Crippen LogP contribution in [0.25, 0.3) is 0 Å². The van der Waals surface area contributed by atoms with Crippen LogP contribution in [0.4, 0.5) is 17.2 Å². The van der Waals surface area contributed by atoms with Crippen LogP contribution >= 0.6 is 0 Å². The summed E-state index contributed by atoms with van der Waals surface area (Å²) in [5.41, 5.74) is 4.77. The molecule has 0 atom stereocenters. The zero-order valence-corrected chi connectivity index (χ0v) is 11.1. The first-order valence-corrected chi connectivity index (χ1v) is 6.80. The molecule has 1 aromatic heterocycles. The van der Waals surface area contributed by atoms with E-state index in [9.17, 15) is 0 Å². The Morgan fingerprint density at radius 3 is 3.11 bits per heavy atom. The van der Waals surface area contributed by atoms with Crippen LogP contribution in [0.5, 0.6) is 0 Å². The molecule has 0 saturated heterocycles. The van der Waals surface area contributed by atoms with Crippen molar-refractivity contribution in [2.45, 2.75) is 26.2 Å². The number of hydrogen-bond donors (Lipinski definition) is 2. The van der Waals surface area contributed by atoms with Gasteiger partial charge in [0.05, 0.1) is 0 Å². The number of benzene rings is 1. The van der Waals surface area contributed by atoms with E-state index >= 15 is 0 Å². The molecule has 2 heterocycles. The van der Waals surface area contributed by atoms with Crippen LogP contribution in [0, 0.1) is 0 Å². The van der Waals surface area contributed by atoms with Gasteiger partial charge < -0.3 is 10.6 Å². The molecule has 0 bridgehead atoms. The Bertz CT molecular complexity index is 580. The fourth-order valence-electron chi connectivity index (χ4n) is 2.36. The third-order valence-corrected chi connectivity index (χ3v) is 3.40. The number of aromatic nitrogens is 2. The van der Waals surface area contributed by atoms with Crippen molar-refractivity contribution in [1.29, 1.82) is 0 Å². The number of nitrogens with one attached hydrogen (secondary N) is 2. The minimum atomic E-state index is 0.857. The van der Waals surface area contributed by atoms with Gasteiger partial charge in [-0.15, -0.1) is 0 Å². The van der Waals surface area contributed by atoms with Crippen LogP contribution in [0.3, 0.4) is 0 Å². The van der Waals surface area contributed by atoms with E-state index in [1.165, 1.54) is 17.7 Å². The molecule has 4 nitrogen and oxygen atoms in total. The van der Waals surface area contributed by atoms with Gasteiger partial charge in [-0.05, 0) is 43.0 Å². The van der Waals surface area contributed by atoms with Crippen molar-refractivity contribution >= 4 is 17.2 Å². The van der Waals surface area contributed by atoms with Gasteiger partial charge in [0.15, 0.2) is 0 Å². The van der Waals surface area contributed by atoms with Gasteiger partial charge in [-0.3, -0.25) is 0 Å². The Kier molecular flexibility index (Phi) is 3.31. The summed E-state index contributed by atoms with van der Waals surface area (Å²) in [7, 11) is 0. The highest BCUT2D eigenvalue weighted by atomic mass is 15.0. The van der Waals surface area contributed by atoms with Crippen LogP contribution in [0.1, 0.15) is 24.6 Å². The van der Waals surface area contributed by atoms with Crippen LogP contribution in [-0.2, 0) is 12.8 Å². The highest BCUT2D eigenvalue weighted by molar-refractivity contribution is 5.64. The minimum absolute atomic E-state index is 0.857. The summed E-state index contributed by atoms with van der Waals surface area (Å²) in [6, 6.07) is 8.43. The fourth-order valence-corrected chi connectivity index (χ4v) is 2.36. The lowest BCUT2D eigenvalue weighted by Crippen LogP contribution is -2.11. The molecule has 0 saturated carbocycles. The molecule has 0 unspecified atom stereocenters. The molecule has 1 aliphatic rings. The van der Waals surface area contributed by atoms with Crippen LogP contribution in [-0.4, -0.2) is 16.5 Å². The smallest absolute Gasteiger partial charge is 0.133 e. The van der Waals surface area contributed by atoms with Gasteiger partial charge in [-0.2, -0.15) is 0 Å². The normalized spacial score (nSPS) is 13.5. The maximum absolute atomic E-state index is 4.26. The van der Waals surface area contributed by atoms with Gasteiger partial charge in [-0.1, -0.05) is 6.92 Å². The molecule has 0 fully saturated rings. The van der Waals surface area contributed by atoms with Crippen molar-refractivity contribution in [1.82, 2.24) is 9.97 Å². The lowest BCUT2D eigenvalue weighted by atomic mass is 10.0. The summed E-state index contributed by atoms with van der Waals surface area (Å²) < 4.78 is 0. The molecule has 1 aliphatic heterocycles. The van der Waals surface area contributed by atoms with Gasteiger partial charge in [-0.25, -0.2) is 9.97 Å². The topological polar surface area (TPSA) is 49.8 Å². The Morgan fingerprint density at radius 1 is 1.26 bits per heavy atom. The van der Waals surface area contributed by atoms with E-state index in [2.05, 4.69) is 45.7 Å². The zero-order chi connectivity index (χ0) is 13.1. The van der Waals surface area contributed by atoms with Crippen molar-refractivity contribution in [2.24, 2.45) is 0 Å². The lowest BCUT2D eigenvalue weighted by Gasteiger charge is -2.19. The predicted octanol–water partition coefficient (Wildman–Crippen LogP) is 3.14. The van der Waals surface area contributed by atoms with Crippen molar-refractivity contribution < 1.29 is 0 Å². The quantitative estimate of drug-likeness (QED) is 0.883. The predicted molar refractivity (Wildman–Crippen MR) is 77.9 cm³/mol.